The third kappa shape index (κ3) is 5.47. The van der Waals surface area contributed by atoms with Gasteiger partial charge in [-0.15, -0.1) is 0 Å². The Morgan fingerprint density at radius 2 is 1.71 bits per heavy atom. The fourth-order valence-corrected chi connectivity index (χ4v) is 4.71. The first-order chi connectivity index (χ1) is 16.5. The maximum atomic E-state index is 13.6. The van der Waals surface area contributed by atoms with Gasteiger partial charge >= 0.3 is 0 Å². The minimum absolute atomic E-state index is 0.0747. The number of rotatable bonds is 8. The fourth-order valence-electron chi connectivity index (χ4n) is 4.71. The highest BCUT2D eigenvalue weighted by molar-refractivity contribution is 5.66. The van der Waals surface area contributed by atoms with E-state index in [1.54, 1.807) is 19.2 Å². The molecule has 0 radical (unpaired) electrons. The summed E-state index contributed by atoms with van der Waals surface area (Å²) in [4.78, 5) is 2.35. The molecule has 0 atom stereocenters. The first-order valence-corrected chi connectivity index (χ1v) is 11.7. The van der Waals surface area contributed by atoms with E-state index in [0.29, 0.717) is 24.3 Å². The number of hydrogen-bond acceptors (Lipinski definition) is 4. The van der Waals surface area contributed by atoms with Crippen LogP contribution in [-0.2, 0) is 23.4 Å². The molecule has 4 rings (SSSR count). The second kappa shape index (κ2) is 10.8. The van der Waals surface area contributed by atoms with Crippen LogP contribution in [0.15, 0.2) is 66.7 Å². The van der Waals surface area contributed by atoms with Gasteiger partial charge in [-0.25, -0.2) is 4.39 Å². The van der Waals surface area contributed by atoms with Crippen molar-refractivity contribution in [3.8, 4) is 22.9 Å². The molecule has 0 saturated carbocycles. The van der Waals surface area contributed by atoms with E-state index in [4.69, 9.17) is 14.7 Å². The number of nitriles is 1. The Balaban J connectivity index is 1.53. The summed E-state index contributed by atoms with van der Waals surface area (Å²) >= 11 is 0. The van der Waals surface area contributed by atoms with E-state index in [-0.39, 0.29) is 5.41 Å². The fraction of sp³-hybridized carbons (Fsp3) is 0.345. The van der Waals surface area contributed by atoms with Crippen molar-refractivity contribution in [2.75, 3.05) is 33.9 Å². The van der Waals surface area contributed by atoms with E-state index in [1.807, 2.05) is 42.5 Å². The van der Waals surface area contributed by atoms with Crippen molar-refractivity contribution in [2.24, 2.45) is 0 Å². The molecule has 3 aromatic rings. The Kier molecular flexibility index (Phi) is 7.62. The average molecular weight is 459 g/mol. The molecule has 0 bridgehead atoms. The smallest absolute Gasteiger partial charge is 0.119 e. The number of piperidine rings is 1. The van der Waals surface area contributed by atoms with Crippen molar-refractivity contribution < 1.29 is 13.9 Å². The highest BCUT2D eigenvalue weighted by atomic mass is 19.1. The Labute approximate surface area is 201 Å². The highest BCUT2D eigenvalue weighted by Crippen LogP contribution is 2.37. The highest BCUT2D eigenvalue weighted by Gasteiger charge is 2.36. The molecule has 0 amide bonds. The van der Waals surface area contributed by atoms with Gasteiger partial charge in [0.15, 0.2) is 0 Å². The zero-order valence-corrected chi connectivity index (χ0v) is 19.9. The predicted molar refractivity (Wildman–Crippen MR) is 132 cm³/mol. The van der Waals surface area contributed by atoms with E-state index in [1.165, 1.54) is 5.56 Å². The lowest BCUT2D eigenvalue weighted by molar-refractivity contribution is 0.0406. The molecule has 5 heteroatoms. The van der Waals surface area contributed by atoms with Gasteiger partial charge in [-0.1, -0.05) is 30.3 Å². The minimum atomic E-state index is -0.531. The maximum Gasteiger partial charge on any atom is 0.119 e. The first kappa shape index (κ1) is 23.9. The third-order valence-corrected chi connectivity index (χ3v) is 6.83. The molecule has 4 nitrogen and oxygen atoms in total. The Hall–Kier alpha value is -3.20. The minimum Gasteiger partial charge on any atom is -0.497 e. The molecule has 3 aromatic carbocycles. The zero-order valence-electron chi connectivity index (χ0n) is 19.9. The summed E-state index contributed by atoms with van der Waals surface area (Å²) in [6, 6.07) is 23.6. The van der Waals surface area contributed by atoms with Gasteiger partial charge in [-0.3, -0.25) is 0 Å². The summed E-state index contributed by atoms with van der Waals surface area (Å²) in [6.45, 7) is 2.51. The zero-order chi connectivity index (χ0) is 24.0. The summed E-state index contributed by atoms with van der Waals surface area (Å²) in [5.74, 6) is 0.860. The Bertz CT molecular complexity index is 1150. The van der Waals surface area contributed by atoms with Gasteiger partial charge in [0.25, 0.3) is 0 Å². The topological polar surface area (TPSA) is 45.5 Å². The lowest BCUT2D eigenvalue weighted by Crippen LogP contribution is -2.43. The second-order valence-electron chi connectivity index (χ2n) is 9.17. The normalized spacial score (nSPS) is 15.6. The van der Waals surface area contributed by atoms with Gasteiger partial charge in [0.1, 0.15) is 12.4 Å². The Morgan fingerprint density at radius 3 is 2.38 bits per heavy atom. The van der Waals surface area contributed by atoms with Gasteiger partial charge in [0, 0.05) is 5.41 Å². The van der Waals surface area contributed by atoms with Crippen molar-refractivity contribution in [2.45, 2.75) is 31.5 Å². The van der Waals surface area contributed by atoms with Crippen LogP contribution in [0.25, 0.3) is 11.1 Å². The lowest BCUT2D eigenvalue weighted by atomic mass is 9.73. The number of halogens is 1. The molecule has 1 saturated heterocycles. The molecular weight excluding hydrogens is 427 g/mol. The lowest BCUT2D eigenvalue weighted by Gasteiger charge is -2.41. The van der Waals surface area contributed by atoms with E-state index in [2.05, 4.69) is 30.1 Å². The van der Waals surface area contributed by atoms with Crippen molar-refractivity contribution in [3.63, 3.8) is 0 Å². The van der Waals surface area contributed by atoms with E-state index in [9.17, 15) is 4.39 Å². The van der Waals surface area contributed by atoms with E-state index in [0.717, 1.165) is 48.4 Å². The largest absolute Gasteiger partial charge is 0.497 e. The third-order valence-electron chi connectivity index (χ3n) is 6.83. The SMILES string of the molecule is COc1cccc(C2(COCc3cc(CF)cc(-c4ccc(C#N)cc4)c3)CCN(C)CC2)c1. The number of ether oxygens (including phenoxy) is 2. The molecule has 0 aromatic heterocycles. The summed E-state index contributed by atoms with van der Waals surface area (Å²) < 4.78 is 25.4. The summed E-state index contributed by atoms with van der Waals surface area (Å²) in [5.41, 5.74) is 5.24. The monoisotopic (exact) mass is 458 g/mol. The van der Waals surface area contributed by atoms with Crippen LogP contribution >= 0.6 is 0 Å². The molecule has 0 spiro atoms. The number of hydrogen-bond donors (Lipinski definition) is 0. The van der Waals surface area contributed by atoms with Crippen LogP contribution in [-0.4, -0.2) is 38.8 Å². The van der Waals surface area contributed by atoms with Crippen LogP contribution in [0.1, 0.15) is 35.1 Å². The van der Waals surface area contributed by atoms with Crippen LogP contribution in [0.2, 0.25) is 0 Å². The number of nitrogens with zero attached hydrogens (tertiary/aromatic N) is 2. The molecule has 1 heterocycles. The quantitative estimate of drug-likeness (QED) is 0.423. The molecule has 1 aliphatic heterocycles. The van der Waals surface area contributed by atoms with Gasteiger partial charge in [0.2, 0.25) is 0 Å². The maximum absolute atomic E-state index is 13.6. The summed E-state index contributed by atoms with van der Waals surface area (Å²) in [6.07, 6.45) is 2.02. The van der Waals surface area contributed by atoms with Gasteiger partial charge < -0.3 is 14.4 Å². The molecule has 176 valence electrons. The van der Waals surface area contributed by atoms with Crippen molar-refractivity contribution in [1.29, 1.82) is 5.26 Å². The molecule has 34 heavy (non-hydrogen) atoms. The van der Waals surface area contributed by atoms with E-state index < -0.39 is 6.67 Å². The van der Waals surface area contributed by atoms with Crippen LogP contribution in [0.3, 0.4) is 0 Å². The van der Waals surface area contributed by atoms with Gasteiger partial charge in [-0.2, -0.15) is 5.26 Å². The number of methoxy groups -OCH3 is 1. The second-order valence-corrected chi connectivity index (χ2v) is 9.17. The number of benzene rings is 3. The molecule has 1 aliphatic rings. The average Bonchev–Trinajstić information content (AvgIpc) is 2.90. The summed E-state index contributed by atoms with van der Waals surface area (Å²) in [5, 5.41) is 9.05. The van der Waals surface area contributed by atoms with Crippen molar-refractivity contribution in [1.82, 2.24) is 4.90 Å². The molecule has 0 unspecified atom stereocenters. The van der Waals surface area contributed by atoms with Gasteiger partial charge in [-0.05, 0) is 97.2 Å². The van der Waals surface area contributed by atoms with Crippen LogP contribution < -0.4 is 4.74 Å². The molecule has 0 aliphatic carbocycles. The van der Waals surface area contributed by atoms with Crippen LogP contribution in [0.4, 0.5) is 4.39 Å². The van der Waals surface area contributed by atoms with Crippen LogP contribution in [0.5, 0.6) is 5.75 Å². The van der Waals surface area contributed by atoms with Crippen molar-refractivity contribution in [3.05, 3.63) is 89.0 Å². The predicted octanol–water partition coefficient (Wildman–Crippen LogP) is 5.88. The molecule has 1 fully saturated rings. The van der Waals surface area contributed by atoms with E-state index >= 15 is 0 Å². The number of alkyl halides is 1. The van der Waals surface area contributed by atoms with Crippen LogP contribution in [0, 0.1) is 11.3 Å². The van der Waals surface area contributed by atoms with Gasteiger partial charge in [0.05, 0.1) is 32.0 Å². The summed E-state index contributed by atoms with van der Waals surface area (Å²) in [7, 11) is 3.85. The first-order valence-electron chi connectivity index (χ1n) is 11.7. The van der Waals surface area contributed by atoms with Crippen molar-refractivity contribution >= 4 is 0 Å². The molecular formula is C29H31FN2O2. The number of likely N-dealkylation sites (tertiary alicyclic amines) is 1. The Morgan fingerprint density at radius 1 is 0.971 bits per heavy atom. The standard InChI is InChI=1S/C29H31FN2O2/c1-32-12-10-29(11-13-32,27-4-3-5-28(17-27)33-2)21-34-20-24-14-23(18-30)15-26(16-24)25-8-6-22(19-31)7-9-25/h3-9,14-17H,10-13,18,20-21H2,1-2H3. The molecule has 0 N–H and O–H groups in total.